The molecule has 34 heavy (non-hydrogen) atoms. The van der Waals surface area contributed by atoms with Crippen molar-refractivity contribution in [3.05, 3.63) is 59.7 Å². The van der Waals surface area contributed by atoms with Gasteiger partial charge in [0.25, 0.3) is 0 Å². The summed E-state index contributed by atoms with van der Waals surface area (Å²) in [5.41, 5.74) is 1.60. The Bertz CT molecular complexity index is 1040. The number of halogens is 1. The molecule has 3 heterocycles. The number of fused-ring (bicyclic) bond motifs is 4. The molecule has 2 aromatic carbocycles. The van der Waals surface area contributed by atoms with Crippen molar-refractivity contribution in [2.45, 2.75) is 44.2 Å². The number of aliphatic hydroxyl groups excluding tert-OH is 1. The molecule has 3 aliphatic heterocycles. The van der Waals surface area contributed by atoms with Crippen molar-refractivity contribution >= 4 is 24.2 Å². The lowest BCUT2D eigenvalue weighted by Crippen LogP contribution is -2.54. The fraction of sp³-hybridized carbons (Fsp3) is 0.462. The number of rotatable bonds is 1. The largest absolute Gasteiger partial charge is 0.457 e. The van der Waals surface area contributed by atoms with E-state index in [-0.39, 0.29) is 30.3 Å². The fourth-order valence-corrected chi connectivity index (χ4v) is 5.28. The smallest absolute Gasteiger partial charge is 0.239 e. The Morgan fingerprint density at radius 2 is 1.74 bits per heavy atom. The van der Waals surface area contributed by atoms with Gasteiger partial charge in [0.15, 0.2) is 0 Å². The Morgan fingerprint density at radius 3 is 2.41 bits per heavy atom. The highest BCUT2D eigenvalue weighted by Gasteiger charge is 2.43. The van der Waals surface area contributed by atoms with Crippen molar-refractivity contribution < 1.29 is 19.4 Å². The van der Waals surface area contributed by atoms with Gasteiger partial charge in [0.05, 0.1) is 17.6 Å². The van der Waals surface area contributed by atoms with Crippen LogP contribution in [0.4, 0.5) is 0 Å². The monoisotopic (exact) mass is 485 g/mol. The molecule has 0 unspecified atom stereocenters. The summed E-state index contributed by atoms with van der Waals surface area (Å²) in [7, 11) is 0. The highest BCUT2D eigenvalue weighted by atomic mass is 35.5. The van der Waals surface area contributed by atoms with E-state index >= 15 is 0 Å². The zero-order valence-electron chi connectivity index (χ0n) is 19.2. The van der Waals surface area contributed by atoms with Gasteiger partial charge >= 0.3 is 0 Å². The van der Waals surface area contributed by atoms with Crippen LogP contribution in [0.5, 0.6) is 11.5 Å². The topological polar surface area (TPSA) is 90.9 Å². The van der Waals surface area contributed by atoms with E-state index in [0.29, 0.717) is 51.9 Å². The van der Waals surface area contributed by atoms with Crippen molar-refractivity contribution in [3.63, 3.8) is 0 Å². The standard InChI is InChI=1S/C26H31N3O4.ClH/c30-20-15-23(28-17-20)24(31)29-11-8-26(9-12-29)16-19-4-2-6-22(14-19)33-21-5-1-3-18(13-21)7-10-27-25(26)32;/h1-6,13-14,20,23,28,30H,7-12,15-17H2,(H,27,32);1H/t20-,23+;/m1./s1. The molecule has 2 atom stereocenters. The first kappa shape index (κ1) is 24.5. The molecule has 4 bridgehead atoms. The number of β-amino-alcohol motifs (C(OH)–C–C–N with tert-alkyl or cyclic N) is 1. The molecule has 0 radical (unpaired) electrons. The van der Waals surface area contributed by atoms with Crippen LogP contribution < -0.4 is 15.4 Å². The van der Waals surface area contributed by atoms with Crippen molar-refractivity contribution in [3.8, 4) is 11.5 Å². The van der Waals surface area contributed by atoms with Crippen LogP contribution in [0.3, 0.4) is 0 Å². The van der Waals surface area contributed by atoms with Gasteiger partial charge < -0.3 is 25.4 Å². The summed E-state index contributed by atoms with van der Waals surface area (Å²) in [6, 6.07) is 15.6. The fourth-order valence-electron chi connectivity index (χ4n) is 5.28. The van der Waals surface area contributed by atoms with E-state index in [1.54, 1.807) is 0 Å². The second-order valence-corrected chi connectivity index (χ2v) is 9.54. The molecule has 0 aromatic heterocycles. The number of hydrogen-bond donors (Lipinski definition) is 3. The molecular weight excluding hydrogens is 454 g/mol. The number of aliphatic hydroxyl groups is 1. The van der Waals surface area contributed by atoms with Crippen LogP contribution in [0.2, 0.25) is 0 Å². The van der Waals surface area contributed by atoms with Gasteiger partial charge in [0.2, 0.25) is 11.8 Å². The lowest BCUT2D eigenvalue weighted by molar-refractivity contribution is -0.141. The lowest BCUT2D eigenvalue weighted by atomic mass is 9.72. The van der Waals surface area contributed by atoms with Crippen LogP contribution >= 0.6 is 12.4 Å². The average molecular weight is 486 g/mol. The Labute approximate surface area is 206 Å². The number of carbonyl (C=O) groups excluding carboxylic acids is 2. The van der Waals surface area contributed by atoms with Gasteiger partial charge in [-0.3, -0.25) is 9.59 Å². The highest BCUT2D eigenvalue weighted by molar-refractivity contribution is 5.86. The van der Waals surface area contributed by atoms with Gasteiger partial charge in [-0.1, -0.05) is 24.3 Å². The molecule has 3 N–H and O–H groups in total. The summed E-state index contributed by atoms with van der Waals surface area (Å²) in [6.07, 6.45) is 2.55. The Balaban J connectivity index is 0.00000274. The zero-order valence-corrected chi connectivity index (χ0v) is 20.0. The predicted octanol–water partition coefficient (Wildman–Crippen LogP) is 2.45. The van der Waals surface area contributed by atoms with E-state index in [1.807, 2.05) is 53.4 Å². The molecule has 2 saturated heterocycles. The SMILES string of the molecule is Cl.O=C([C@@H]1C[C@@H](O)CN1)N1CCC2(CC1)Cc1cccc(c1)Oc1cccc(c1)CCNC2=O. The maximum atomic E-state index is 13.5. The van der Waals surface area contributed by atoms with Crippen molar-refractivity contribution in [1.82, 2.24) is 15.5 Å². The van der Waals surface area contributed by atoms with Crippen molar-refractivity contribution in [2.75, 3.05) is 26.2 Å². The maximum Gasteiger partial charge on any atom is 0.239 e. The Morgan fingerprint density at radius 1 is 1.06 bits per heavy atom. The third-order valence-corrected chi connectivity index (χ3v) is 7.19. The van der Waals surface area contributed by atoms with Gasteiger partial charge in [-0.15, -0.1) is 12.4 Å². The van der Waals surface area contributed by atoms with Crippen molar-refractivity contribution in [2.24, 2.45) is 5.41 Å². The molecule has 2 fully saturated rings. The number of hydrogen-bond acceptors (Lipinski definition) is 5. The van der Waals surface area contributed by atoms with Crippen molar-refractivity contribution in [1.29, 1.82) is 0 Å². The van der Waals surface area contributed by atoms with Crippen LogP contribution in [0.25, 0.3) is 0 Å². The van der Waals surface area contributed by atoms with E-state index in [0.717, 1.165) is 29.0 Å². The first-order chi connectivity index (χ1) is 16.0. The molecule has 5 rings (SSSR count). The number of piperidine rings is 1. The second-order valence-electron chi connectivity index (χ2n) is 9.54. The van der Waals surface area contributed by atoms with E-state index in [1.165, 1.54) is 0 Å². The van der Waals surface area contributed by atoms with E-state index in [9.17, 15) is 14.7 Å². The third-order valence-electron chi connectivity index (χ3n) is 7.19. The number of benzene rings is 2. The first-order valence-electron chi connectivity index (χ1n) is 11.9. The molecule has 7 nitrogen and oxygen atoms in total. The van der Waals surface area contributed by atoms with Gasteiger partial charge in [0.1, 0.15) is 11.5 Å². The van der Waals surface area contributed by atoms with Gasteiger partial charge in [-0.05, 0) is 67.5 Å². The number of likely N-dealkylation sites (tertiary alicyclic amines) is 1. The van der Waals surface area contributed by atoms with E-state index in [4.69, 9.17) is 4.74 Å². The number of ether oxygens (including phenoxy) is 1. The minimum Gasteiger partial charge on any atom is -0.457 e. The van der Waals surface area contributed by atoms with Crippen LogP contribution in [0.1, 0.15) is 30.4 Å². The molecule has 1 spiro atoms. The van der Waals surface area contributed by atoms with Crippen LogP contribution in [-0.2, 0) is 22.4 Å². The minimum atomic E-state index is -0.565. The number of carbonyl (C=O) groups is 2. The van der Waals surface area contributed by atoms with Gasteiger partial charge in [-0.2, -0.15) is 0 Å². The van der Waals surface area contributed by atoms with Crippen LogP contribution in [0.15, 0.2) is 48.5 Å². The van der Waals surface area contributed by atoms with Crippen LogP contribution in [-0.4, -0.2) is 60.1 Å². The Kier molecular flexibility index (Phi) is 7.45. The second kappa shape index (κ2) is 10.3. The van der Waals surface area contributed by atoms with Gasteiger partial charge in [-0.25, -0.2) is 0 Å². The lowest BCUT2D eigenvalue weighted by Gasteiger charge is -2.41. The average Bonchev–Trinajstić information content (AvgIpc) is 3.25. The number of amides is 2. The summed E-state index contributed by atoms with van der Waals surface area (Å²) in [4.78, 5) is 28.3. The van der Waals surface area contributed by atoms with E-state index in [2.05, 4.69) is 10.6 Å². The molecule has 3 aliphatic rings. The molecule has 2 amide bonds. The summed E-state index contributed by atoms with van der Waals surface area (Å²) in [5.74, 6) is 1.65. The molecule has 2 aromatic rings. The quantitative estimate of drug-likeness (QED) is 0.577. The molecule has 8 heteroatoms. The molecule has 0 saturated carbocycles. The Hall–Kier alpha value is -2.61. The number of nitrogens with one attached hydrogen (secondary N) is 2. The maximum absolute atomic E-state index is 13.5. The molecule has 182 valence electrons. The highest BCUT2D eigenvalue weighted by Crippen LogP contribution is 2.37. The zero-order chi connectivity index (χ0) is 22.8. The first-order valence-corrected chi connectivity index (χ1v) is 11.9. The predicted molar refractivity (Wildman–Crippen MR) is 131 cm³/mol. The third kappa shape index (κ3) is 5.22. The normalized spacial score (nSPS) is 24.0. The summed E-state index contributed by atoms with van der Waals surface area (Å²) < 4.78 is 6.10. The summed E-state index contributed by atoms with van der Waals surface area (Å²) in [5, 5.41) is 16.0. The summed E-state index contributed by atoms with van der Waals surface area (Å²) >= 11 is 0. The van der Waals surface area contributed by atoms with Crippen LogP contribution in [0, 0.1) is 5.41 Å². The minimum absolute atomic E-state index is 0. The summed E-state index contributed by atoms with van der Waals surface area (Å²) in [6.45, 7) is 2.10. The molecular formula is C26H32ClN3O4. The number of nitrogens with zero attached hydrogens (tertiary/aromatic N) is 1. The van der Waals surface area contributed by atoms with E-state index < -0.39 is 11.5 Å². The van der Waals surface area contributed by atoms with Gasteiger partial charge in [0, 0.05) is 26.2 Å². The molecule has 0 aliphatic carbocycles.